The maximum absolute atomic E-state index is 11.0. The van der Waals surface area contributed by atoms with Gasteiger partial charge in [-0.3, -0.25) is 10.1 Å². The van der Waals surface area contributed by atoms with E-state index in [1.54, 1.807) is 0 Å². The molecule has 0 bridgehead atoms. The second-order valence-corrected chi connectivity index (χ2v) is 5.66. The molecule has 0 saturated carbocycles. The van der Waals surface area contributed by atoms with Crippen LogP contribution in [0.3, 0.4) is 0 Å². The Morgan fingerprint density at radius 1 is 1.33 bits per heavy atom. The van der Waals surface area contributed by atoms with E-state index in [1.165, 1.54) is 6.07 Å². The number of hydrogen-bond donors (Lipinski definition) is 2. The van der Waals surface area contributed by atoms with Gasteiger partial charge in [-0.15, -0.1) is 0 Å². The molecule has 0 aliphatic rings. The topological polar surface area (TPSA) is 105 Å². The summed E-state index contributed by atoms with van der Waals surface area (Å²) in [6.07, 6.45) is 0. The predicted molar refractivity (Wildman–Crippen MR) is 79.5 cm³/mol. The Balaban J connectivity index is 3.01. The Kier molecular flexibility index (Phi) is 5.63. The van der Waals surface area contributed by atoms with Crippen LogP contribution in [0.2, 0.25) is 0 Å². The zero-order chi connectivity index (χ0) is 16.2. The summed E-state index contributed by atoms with van der Waals surface area (Å²) in [4.78, 5) is 25.2. The number of nitrogens with one attached hydrogen (secondary N) is 1. The third-order valence-electron chi connectivity index (χ3n) is 3.51. The number of rotatable bonds is 7. The summed E-state index contributed by atoms with van der Waals surface area (Å²) < 4.78 is 0. The molecule has 2 N–H and O–H groups in total. The lowest BCUT2D eigenvalue weighted by atomic mass is 9.85. The highest BCUT2D eigenvalue weighted by atomic mass is 16.6. The van der Waals surface area contributed by atoms with E-state index in [4.69, 9.17) is 5.11 Å². The molecule has 0 aliphatic heterocycles. The largest absolute Gasteiger partial charge is 0.477 e. The monoisotopic (exact) mass is 295 g/mol. The third kappa shape index (κ3) is 4.40. The molecule has 0 amide bonds. The van der Waals surface area contributed by atoms with Crippen molar-refractivity contribution >= 4 is 17.5 Å². The van der Waals surface area contributed by atoms with E-state index in [0.717, 1.165) is 6.07 Å². The summed E-state index contributed by atoms with van der Waals surface area (Å²) in [5.41, 5.74) is -0.431. The lowest BCUT2D eigenvalue weighted by Crippen LogP contribution is -2.25. The summed E-state index contributed by atoms with van der Waals surface area (Å²) in [7, 11) is 0. The molecule has 1 aromatic rings. The number of carbonyl (C=O) groups is 1. The fourth-order valence-corrected chi connectivity index (χ4v) is 2.30. The van der Waals surface area contributed by atoms with Crippen LogP contribution in [0.25, 0.3) is 0 Å². The number of carboxylic acids is 1. The smallest absolute Gasteiger partial charge is 0.354 e. The Bertz CT molecular complexity index is 521. The van der Waals surface area contributed by atoms with E-state index in [-0.39, 0.29) is 17.2 Å². The van der Waals surface area contributed by atoms with E-state index < -0.39 is 10.9 Å². The van der Waals surface area contributed by atoms with Gasteiger partial charge in [0.25, 0.3) is 0 Å². The molecule has 21 heavy (non-hydrogen) atoms. The van der Waals surface area contributed by atoms with Gasteiger partial charge in [0, 0.05) is 12.6 Å². The van der Waals surface area contributed by atoms with Gasteiger partial charge in [0.15, 0.2) is 5.69 Å². The van der Waals surface area contributed by atoms with Crippen molar-refractivity contribution in [1.29, 1.82) is 0 Å². The summed E-state index contributed by atoms with van der Waals surface area (Å²) in [5.74, 6) is -0.0956. The summed E-state index contributed by atoms with van der Waals surface area (Å²) in [6, 6.07) is 2.30. The Morgan fingerprint density at radius 2 is 1.90 bits per heavy atom. The number of pyridine rings is 1. The lowest BCUT2D eigenvalue weighted by Gasteiger charge is -2.25. The Labute approximate surface area is 123 Å². The quantitative estimate of drug-likeness (QED) is 0.591. The molecule has 1 aromatic heterocycles. The van der Waals surface area contributed by atoms with Crippen molar-refractivity contribution in [3.63, 3.8) is 0 Å². The third-order valence-corrected chi connectivity index (χ3v) is 3.51. The fraction of sp³-hybridized carbons (Fsp3) is 0.571. The number of aromatic carboxylic acids is 1. The average molecular weight is 295 g/mol. The first kappa shape index (κ1) is 16.9. The van der Waals surface area contributed by atoms with Gasteiger partial charge in [0.05, 0.1) is 4.92 Å². The molecule has 7 nitrogen and oxygen atoms in total. The summed E-state index contributed by atoms with van der Waals surface area (Å²) >= 11 is 0. The van der Waals surface area contributed by atoms with Gasteiger partial charge in [-0.1, -0.05) is 27.7 Å². The minimum atomic E-state index is -1.21. The van der Waals surface area contributed by atoms with E-state index in [1.807, 2.05) is 0 Å². The molecule has 0 unspecified atom stereocenters. The molecule has 0 fully saturated rings. The molecule has 0 saturated heterocycles. The molecule has 0 radical (unpaired) electrons. The Hall–Kier alpha value is -2.18. The van der Waals surface area contributed by atoms with E-state index in [9.17, 15) is 14.9 Å². The lowest BCUT2D eigenvalue weighted by molar-refractivity contribution is -0.384. The number of aromatic nitrogens is 1. The molecule has 1 heterocycles. The van der Waals surface area contributed by atoms with Crippen LogP contribution < -0.4 is 5.32 Å². The zero-order valence-corrected chi connectivity index (χ0v) is 12.7. The minimum Gasteiger partial charge on any atom is -0.477 e. The van der Waals surface area contributed by atoms with Gasteiger partial charge in [-0.25, -0.2) is 9.78 Å². The SMILES string of the molecule is CC(C)C(CNc1nc(C(=O)O)ccc1[N+](=O)[O-])C(C)C. The Morgan fingerprint density at radius 3 is 2.33 bits per heavy atom. The van der Waals surface area contributed by atoms with Gasteiger partial charge in [0.1, 0.15) is 0 Å². The van der Waals surface area contributed by atoms with Crippen LogP contribution in [-0.2, 0) is 0 Å². The number of nitro groups is 1. The first-order valence-corrected chi connectivity index (χ1v) is 6.86. The maximum atomic E-state index is 11.0. The van der Waals surface area contributed by atoms with Gasteiger partial charge in [-0.2, -0.15) is 0 Å². The normalized spacial score (nSPS) is 11.2. The molecule has 116 valence electrons. The van der Waals surface area contributed by atoms with E-state index >= 15 is 0 Å². The van der Waals surface area contributed by atoms with Crippen LogP contribution in [0.15, 0.2) is 12.1 Å². The van der Waals surface area contributed by atoms with Crippen LogP contribution in [0.5, 0.6) is 0 Å². The van der Waals surface area contributed by atoms with Crippen LogP contribution in [0.1, 0.15) is 38.2 Å². The van der Waals surface area contributed by atoms with Crippen molar-refractivity contribution in [2.24, 2.45) is 17.8 Å². The first-order valence-electron chi connectivity index (χ1n) is 6.86. The summed E-state index contributed by atoms with van der Waals surface area (Å²) in [6.45, 7) is 8.85. The standard InChI is InChI=1S/C14H21N3O4/c1-8(2)10(9(3)4)7-15-13-12(17(20)21)6-5-11(16-13)14(18)19/h5-6,8-10H,7H2,1-4H3,(H,15,16)(H,18,19). The van der Waals surface area contributed by atoms with Crippen molar-refractivity contribution in [3.8, 4) is 0 Å². The van der Waals surface area contributed by atoms with Crippen molar-refractivity contribution in [2.75, 3.05) is 11.9 Å². The second-order valence-electron chi connectivity index (χ2n) is 5.66. The molecule has 0 aromatic carbocycles. The fourth-order valence-electron chi connectivity index (χ4n) is 2.30. The number of carboxylic acid groups (broad SMARTS) is 1. The van der Waals surface area contributed by atoms with Crippen LogP contribution in [-0.4, -0.2) is 27.5 Å². The first-order chi connectivity index (χ1) is 9.73. The van der Waals surface area contributed by atoms with Crippen LogP contribution >= 0.6 is 0 Å². The number of nitrogens with zero attached hydrogens (tertiary/aromatic N) is 2. The van der Waals surface area contributed by atoms with Gasteiger partial charge >= 0.3 is 11.7 Å². The van der Waals surface area contributed by atoms with Crippen LogP contribution in [0, 0.1) is 27.9 Å². The van der Waals surface area contributed by atoms with Crippen molar-refractivity contribution in [1.82, 2.24) is 4.98 Å². The highest BCUT2D eigenvalue weighted by molar-refractivity contribution is 5.86. The van der Waals surface area contributed by atoms with Gasteiger partial charge in [-0.05, 0) is 23.8 Å². The molecular formula is C14H21N3O4. The minimum absolute atomic E-state index is 0.00574. The van der Waals surface area contributed by atoms with Crippen molar-refractivity contribution in [2.45, 2.75) is 27.7 Å². The van der Waals surface area contributed by atoms with Crippen molar-refractivity contribution in [3.05, 3.63) is 27.9 Å². The number of anilines is 1. The highest BCUT2D eigenvalue weighted by Crippen LogP contribution is 2.25. The highest BCUT2D eigenvalue weighted by Gasteiger charge is 2.22. The zero-order valence-electron chi connectivity index (χ0n) is 12.7. The molecule has 0 atom stereocenters. The molecule has 0 aliphatic carbocycles. The average Bonchev–Trinajstić information content (AvgIpc) is 2.37. The predicted octanol–water partition coefficient (Wildman–Crippen LogP) is 3.03. The van der Waals surface area contributed by atoms with Gasteiger partial charge < -0.3 is 10.4 Å². The van der Waals surface area contributed by atoms with E-state index in [0.29, 0.717) is 24.3 Å². The summed E-state index contributed by atoms with van der Waals surface area (Å²) in [5, 5.41) is 22.9. The molecule has 7 heteroatoms. The van der Waals surface area contributed by atoms with Crippen LogP contribution in [0.4, 0.5) is 11.5 Å². The van der Waals surface area contributed by atoms with E-state index in [2.05, 4.69) is 38.0 Å². The van der Waals surface area contributed by atoms with Crippen molar-refractivity contribution < 1.29 is 14.8 Å². The molecule has 0 spiro atoms. The second kappa shape index (κ2) is 7.01. The molecular weight excluding hydrogens is 274 g/mol. The van der Waals surface area contributed by atoms with Gasteiger partial charge in [0.2, 0.25) is 5.82 Å². The maximum Gasteiger partial charge on any atom is 0.354 e. The number of hydrogen-bond acceptors (Lipinski definition) is 5. The molecule has 1 rings (SSSR count).